The fourth-order valence-electron chi connectivity index (χ4n) is 2.42. The quantitative estimate of drug-likeness (QED) is 0.857. The number of aryl methyl sites for hydroxylation is 1. The van der Waals surface area contributed by atoms with Crippen molar-refractivity contribution >= 4 is 11.0 Å². The van der Waals surface area contributed by atoms with Crippen LogP contribution in [-0.2, 0) is 13.6 Å². The molecule has 0 unspecified atom stereocenters. The van der Waals surface area contributed by atoms with Gasteiger partial charge in [-0.3, -0.25) is 0 Å². The summed E-state index contributed by atoms with van der Waals surface area (Å²) in [6.07, 6.45) is 4.60. The Labute approximate surface area is 114 Å². The second kappa shape index (κ2) is 5.31. The third kappa shape index (κ3) is 3.14. The normalized spacial score (nSPS) is 15.5. The molecule has 3 rings (SSSR count). The molecule has 1 fully saturated rings. The van der Waals surface area contributed by atoms with Crippen LogP contribution in [0.2, 0.25) is 0 Å². The molecule has 0 saturated heterocycles. The molecule has 19 heavy (non-hydrogen) atoms. The summed E-state index contributed by atoms with van der Waals surface area (Å²) in [7, 11) is 4.21. The van der Waals surface area contributed by atoms with Crippen LogP contribution in [0.15, 0.2) is 24.5 Å². The van der Waals surface area contributed by atoms with Gasteiger partial charge in [0, 0.05) is 32.7 Å². The van der Waals surface area contributed by atoms with Gasteiger partial charge in [-0.05, 0) is 37.6 Å². The van der Waals surface area contributed by atoms with Crippen LogP contribution in [0, 0.1) is 0 Å². The van der Waals surface area contributed by atoms with Gasteiger partial charge in [-0.1, -0.05) is 6.07 Å². The molecule has 4 nitrogen and oxygen atoms in total. The summed E-state index contributed by atoms with van der Waals surface area (Å²) in [4.78, 5) is 6.77. The van der Waals surface area contributed by atoms with Gasteiger partial charge in [0.25, 0.3) is 0 Å². The molecule has 1 heterocycles. The molecule has 2 aromatic rings. The van der Waals surface area contributed by atoms with E-state index < -0.39 is 0 Å². The van der Waals surface area contributed by atoms with E-state index in [1.165, 1.54) is 23.9 Å². The van der Waals surface area contributed by atoms with Crippen LogP contribution < -0.4 is 5.32 Å². The summed E-state index contributed by atoms with van der Waals surface area (Å²) in [5, 5.41) is 3.55. The molecule has 0 spiro atoms. The van der Waals surface area contributed by atoms with E-state index in [-0.39, 0.29) is 0 Å². The number of fused-ring (bicyclic) bond motifs is 1. The van der Waals surface area contributed by atoms with E-state index >= 15 is 0 Å². The number of nitrogens with zero attached hydrogens (tertiary/aromatic N) is 3. The molecule has 4 heteroatoms. The molecule has 0 atom stereocenters. The number of nitrogens with one attached hydrogen (secondary N) is 1. The van der Waals surface area contributed by atoms with E-state index in [1.54, 1.807) is 0 Å². The van der Waals surface area contributed by atoms with Gasteiger partial charge in [-0.2, -0.15) is 0 Å². The standard InChI is InChI=1S/C15H22N4/c1-18(8-7-16-13-4-5-13)10-12-3-6-15-14(9-12)17-11-19(15)2/h3,6,9,11,13,16H,4-5,7-8,10H2,1-2H3. The number of benzene rings is 1. The minimum Gasteiger partial charge on any atom is -0.334 e. The van der Waals surface area contributed by atoms with Crippen LogP contribution in [0.5, 0.6) is 0 Å². The van der Waals surface area contributed by atoms with Gasteiger partial charge in [0.1, 0.15) is 0 Å². The Morgan fingerprint density at radius 1 is 1.42 bits per heavy atom. The summed E-state index contributed by atoms with van der Waals surface area (Å²) in [5.41, 5.74) is 3.62. The van der Waals surface area contributed by atoms with E-state index in [2.05, 4.69) is 45.0 Å². The SMILES string of the molecule is CN(CCNC1CC1)Cc1ccc2c(c1)ncn2C. The van der Waals surface area contributed by atoms with Gasteiger partial charge in [-0.15, -0.1) is 0 Å². The van der Waals surface area contributed by atoms with Crippen molar-refractivity contribution in [3.63, 3.8) is 0 Å². The highest BCUT2D eigenvalue weighted by Crippen LogP contribution is 2.18. The first kappa shape index (κ1) is 12.6. The van der Waals surface area contributed by atoms with Crippen molar-refractivity contribution in [3.8, 4) is 0 Å². The first-order chi connectivity index (χ1) is 9.22. The zero-order valence-electron chi connectivity index (χ0n) is 11.8. The Kier molecular flexibility index (Phi) is 3.53. The van der Waals surface area contributed by atoms with Gasteiger partial charge in [0.2, 0.25) is 0 Å². The molecule has 1 aromatic carbocycles. The number of hydrogen-bond acceptors (Lipinski definition) is 3. The Morgan fingerprint density at radius 2 is 2.26 bits per heavy atom. The monoisotopic (exact) mass is 258 g/mol. The summed E-state index contributed by atoms with van der Waals surface area (Å²) in [6, 6.07) is 7.36. The minimum absolute atomic E-state index is 0.804. The topological polar surface area (TPSA) is 33.1 Å². The van der Waals surface area contributed by atoms with Crippen LogP contribution in [0.25, 0.3) is 11.0 Å². The maximum atomic E-state index is 4.41. The molecule has 0 aliphatic heterocycles. The van der Waals surface area contributed by atoms with Gasteiger partial charge in [0.15, 0.2) is 0 Å². The molecule has 1 N–H and O–H groups in total. The maximum Gasteiger partial charge on any atom is 0.0955 e. The van der Waals surface area contributed by atoms with Crippen molar-refractivity contribution in [3.05, 3.63) is 30.1 Å². The Morgan fingerprint density at radius 3 is 3.05 bits per heavy atom. The highest BCUT2D eigenvalue weighted by atomic mass is 15.1. The molecular formula is C15H22N4. The van der Waals surface area contributed by atoms with Gasteiger partial charge in [0.05, 0.1) is 17.4 Å². The van der Waals surface area contributed by atoms with Crippen LogP contribution in [0.3, 0.4) is 0 Å². The number of aromatic nitrogens is 2. The van der Waals surface area contributed by atoms with E-state index in [1.807, 2.05) is 13.4 Å². The molecule has 1 aromatic heterocycles. The predicted molar refractivity (Wildman–Crippen MR) is 78.1 cm³/mol. The van der Waals surface area contributed by atoms with Crippen LogP contribution >= 0.6 is 0 Å². The highest BCUT2D eigenvalue weighted by molar-refractivity contribution is 5.75. The molecule has 0 radical (unpaired) electrons. The average molecular weight is 258 g/mol. The van der Waals surface area contributed by atoms with E-state index in [9.17, 15) is 0 Å². The first-order valence-corrected chi connectivity index (χ1v) is 7.04. The molecule has 1 saturated carbocycles. The van der Waals surface area contributed by atoms with Crippen LogP contribution in [0.1, 0.15) is 18.4 Å². The predicted octanol–water partition coefficient (Wildman–Crippen LogP) is 1.76. The molecule has 0 amide bonds. The number of imidazole rings is 1. The summed E-state index contributed by atoms with van der Waals surface area (Å²) < 4.78 is 2.06. The Balaban J connectivity index is 1.56. The van der Waals surface area contributed by atoms with Crippen molar-refractivity contribution in [2.75, 3.05) is 20.1 Å². The minimum atomic E-state index is 0.804. The highest BCUT2D eigenvalue weighted by Gasteiger charge is 2.19. The average Bonchev–Trinajstić information content (AvgIpc) is 3.14. The van der Waals surface area contributed by atoms with Gasteiger partial charge < -0.3 is 14.8 Å². The largest absolute Gasteiger partial charge is 0.334 e. The Bertz CT molecular complexity index is 556. The van der Waals surface area contributed by atoms with Crippen molar-refractivity contribution in [1.82, 2.24) is 19.8 Å². The smallest absolute Gasteiger partial charge is 0.0955 e. The number of hydrogen-bond donors (Lipinski definition) is 1. The van der Waals surface area contributed by atoms with Crippen molar-refractivity contribution in [2.45, 2.75) is 25.4 Å². The molecule has 102 valence electrons. The number of likely N-dealkylation sites (N-methyl/N-ethyl adjacent to an activating group) is 1. The summed E-state index contributed by atoms with van der Waals surface area (Å²) in [6.45, 7) is 3.17. The maximum absolute atomic E-state index is 4.41. The van der Waals surface area contributed by atoms with Crippen molar-refractivity contribution in [2.24, 2.45) is 7.05 Å². The van der Waals surface area contributed by atoms with Crippen molar-refractivity contribution in [1.29, 1.82) is 0 Å². The van der Waals surface area contributed by atoms with E-state index in [0.717, 1.165) is 31.2 Å². The first-order valence-electron chi connectivity index (χ1n) is 7.04. The lowest BCUT2D eigenvalue weighted by molar-refractivity contribution is 0.324. The zero-order valence-corrected chi connectivity index (χ0v) is 11.8. The molecule has 1 aliphatic rings. The van der Waals surface area contributed by atoms with E-state index in [0.29, 0.717) is 0 Å². The second-order valence-electron chi connectivity index (χ2n) is 5.64. The summed E-state index contributed by atoms with van der Waals surface area (Å²) in [5.74, 6) is 0. The van der Waals surface area contributed by atoms with Gasteiger partial charge >= 0.3 is 0 Å². The molecular weight excluding hydrogens is 236 g/mol. The zero-order chi connectivity index (χ0) is 13.2. The lowest BCUT2D eigenvalue weighted by Gasteiger charge is -2.17. The molecule has 1 aliphatic carbocycles. The molecule has 0 bridgehead atoms. The fourth-order valence-corrected chi connectivity index (χ4v) is 2.42. The number of rotatable bonds is 6. The van der Waals surface area contributed by atoms with Crippen LogP contribution in [0.4, 0.5) is 0 Å². The third-order valence-corrected chi connectivity index (χ3v) is 3.75. The van der Waals surface area contributed by atoms with Crippen LogP contribution in [-0.4, -0.2) is 40.6 Å². The Hall–Kier alpha value is -1.39. The lowest BCUT2D eigenvalue weighted by atomic mass is 10.2. The summed E-state index contributed by atoms with van der Waals surface area (Å²) >= 11 is 0. The fraction of sp³-hybridized carbons (Fsp3) is 0.533. The third-order valence-electron chi connectivity index (χ3n) is 3.75. The lowest BCUT2D eigenvalue weighted by Crippen LogP contribution is -2.30. The van der Waals surface area contributed by atoms with E-state index in [4.69, 9.17) is 0 Å². The second-order valence-corrected chi connectivity index (χ2v) is 5.64. The van der Waals surface area contributed by atoms with Gasteiger partial charge in [-0.25, -0.2) is 4.98 Å². The van der Waals surface area contributed by atoms with Crippen molar-refractivity contribution < 1.29 is 0 Å².